The third-order valence-corrected chi connectivity index (χ3v) is 5.08. The number of benzene rings is 1. The largest absolute Gasteiger partial charge is 0.356 e. The number of aliphatic imine (C=N–C) groups is 1. The molecule has 0 spiro atoms. The van der Waals surface area contributed by atoms with Gasteiger partial charge in [-0.05, 0) is 45.1 Å². The molecule has 1 aliphatic rings. The van der Waals surface area contributed by atoms with Gasteiger partial charge in [-0.25, -0.2) is 0 Å². The molecule has 6 heteroatoms. The molecule has 0 atom stereocenters. The van der Waals surface area contributed by atoms with Gasteiger partial charge in [0.25, 0.3) is 0 Å². The van der Waals surface area contributed by atoms with E-state index in [0.29, 0.717) is 12.6 Å². The molecule has 2 rings (SSSR count). The van der Waals surface area contributed by atoms with Crippen molar-refractivity contribution in [1.29, 1.82) is 0 Å². The van der Waals surface area contributed by atoms with E-state index in [-0.39, 0.29) is 5.91 Å². The van der Waals surface area contributed by atoms with Gasteiger partial charge in [-0.3, -0.25) is 14.7 Å². The first-order valence-corrected chi connectivity index (χ1v) is 10.5. The van der Waals surface area contributed by atoms with Crippen LogP contribution < -0.4 is 16.0 Å². The van der Waals surface area contributed by atoms with Gasteiger partial charge >= 0.3 is 0 Å². The first kappa shape index (κ1) is 22.2. The number of hydrogen-bond acceptors (Lipinski definition) is 3. The summed E-state index contributed by atoms with van der Waals surface area (Å²) in [6, 6.07) is 7.11. The minimum atomic E-state index is 0.136. The van der Waals surface area contributed by atoms with E-state index in [0.717, 1.165) is 57.8 Å². The predicted molar refractivity (Wildman–Crippen MR) is 117 cm³/mol. The Morgan fingerprint density at radius 3 is 2.39 bits per heavy atom. The molecule has 1 saturated heterocycles. The number of hydrogen-bond donors (Lipinski definition) is 3. The zero-order valence-corrected chi connectivity index (χ0v) is 18.0. The number of likely N-dealkylation sites (tertiary alicyclic amines) is 1. The van der Waals surface area contributed by atoms with Crippen LogP contribution in [-0.4, -0.2) is 62.6 Å². The van der Waals surface area contributed by atoms with E-state index in [1.807, 2.05) is 7.05 Å². The second-order valence-electron chi connectivity index (χ2n) is 7.79. The molecule has 0 bridgehead atoms. The standard InChI is InChI=1S/C22H37N5O/c1-5-9-24-21(28)16-27-11-7-20(8-12-27)26-22(23-4)25-10-6-19-14-17(2)13-18(3)15-19/h13-15,20H,5-12,16H2,1-4H3,(H,24,28)(H2,23,25,26). The molecule has 0 radical (unpaired) electrons. The van der Waals surface area contributed by atoms with Gasteiger partial charge in [-0.2, -0.15) is 0 Å². The maximum absolute atomic E-state index is 11.9. The van der Waals surface area contributed by atoms with Crippen molar-refractivity contribution in [3.63, 3.8) is 0 Å². The van der Waals surface area contributed by atoms with E-state index < -0.39 is 0 Å². The fourth-order valence-corrected chi connectivity index (χ4v) is 3.69. The number of carbonyl (C=O) groups excluding carboxylic acids is 1. The summed E-state index contributed by atoms with van der Waals surface area (Å²) >= 11 is 0. The van der Waals surface area contributed by atoms with Gasteiger partial charge in [0.05, 0.1) is 6.54 Å². The van der Waals surface area contributed by atoms with E-state index >= 15 is 0 Å². The minimum Gasteiger partial charge on any atom is -0.356 e. The Labute approximate surface area is 170 Å². The van der Waals surface area contributed by atoms with Gasteiger partial charge in [0.15, 0.2) is 5.96 Å². The molecule has 0 aliphatic carbocycles. The first-order chi connectivity index (χ1) is 13.5. The SMILES string of the molecule is CCCNC(=O)CN1CCC(NC(=NC)NCCc2cc(C)cc(C)c2)CC1. The summed E-state index contributed by atoms with van der Waals surface area (Å²) < 4.78 is 0. The molecule has 1 amide bonds. The van der Waals surface area contributed by atoms with Gasteiger partial charge < -0.3 is 16.0 Å². The predicted octanol–water partition coefficient (Wildman–Crippen LogP) is 2.00. The molecule has 28 heavy (non-hydrogen) atoms. The third kappa shape index (κ3) is 7.89. The van der Waals surface area contributed by atoms with Crippen LogP contribution in [0, 0.1) is 13.8 Å². The van der Waals surface area contributed by atoms with Gasteiger partial charge in [-0.1, -0.05) is 36.2 Å². The highest BCUT2D eigenvalue weighted by atomic mass is 16.2. The van der Waals surface area contributed by atoms with Gasteiger partial charge in [-0.15, -0.1) is 0 Å². The van der Waals surface area contributed by atoms with Crippen molar-refractivity contribution < 1.29 is 4.79 Å². The summed E-state index contributed by atoms with van der Waals surface area (Å²) in [5.74, 6) is 1.00. The van der Waals surface area contributed by atoms with Crippen molar-refractivity contribution in [1.82, 2.24) is 20.9 Å². The van der Waals surface area contributed by atoms with Crippen molar-refractivity contribution in [2.24, 2.45) is 4.99 Å². The monoisotopic (exact) mass is 387 g/mol. The Morgan fingerprint density at radius 2 is 1.79 bits per heavy atom. The summed E-state index contributed by atoms with van der Waals surface area (Å²) in [7, 11) is 1.82. The average Bonchev–Trinajstić information content (AvgIpc) is 2.66. The molecule has 0 unspecified atom stereocenters. The minimum absolute atomic E-state index is 0.136. The van der Waals surface area contributed by atoms with Gasteiger partial charge in [0, 0.05) is 39.3 Å². The summed E-state index contributed by atoms with van der Waals surface area (Å²) in [5.41, 5.74) is 3.98. The summed E-state index contributed by atoms with van der Waals surface area (Å²) in [4.78, 5) is 18.5. The van der Waals surface area contributed by atoms with Crippen molar-refractivity contribution in [2.45, 2.75) is 52.5 Å². The number of amides is 1. The number of nitrogens with zero attached hydrogens (tertiary/aromatic N) is 2. The molecule has 0 saturated carbocycles. The molecule has 6 nitrogen and oxygen atoms in total. The lowest BCUT2D eigenvalue weighted by molar-refractivity contribution is -0.122. The van der Waals surface area contributed by atoms with Gasteiger partial charge in [0.1, 0.15) is 0 Å². The zero-order valence-electron chi connectivity index (χ0n) is 18.0. The number of carbonyl (C=O) groups is 1. The smallest absolute Gasteiger partial charge is 0.234 e. The van der Waals surface area contributed by atoms with E-state index in [9.17, 15) is 4.79 Å². The van der Waals surface area contributed by atoms with Crippen LogP contribution in [0.15, 0.2) is 23.2 Å². The van der Waals surface area contributed by atoms with Crippen LogP contribution in [0.25, 0.3) is 0 Å². The lowest BCUT2D eigenvalue weighted by Gasteiger charge is -2.32. The molecule has 1 fully saturated rings. The van der Waals surface area contributed by atoms with Crippen LogP contribution in [0.2, 0.25) is 0 Å². The Hall–Kier alpha value is -2.08. The molecule has 156 valence electrons. The van der Waals surface area contributed by atoms with E-state index in [1.54, 1.807) is 0 Å². The highest BCUT2D eigenvalue weighted by Crippen LogP contribution is 2.10. The Morgan fingerprint density at radius 1 is 1.11 bits per heavy atom. The summed E-state index contributed by atoms with van der Waals surface area (Å²) in [6.45, 7) is 10.4. The number of aryl methyl sites for hydroxylation is 2. The second-order valence-corrected chi connectivity index (χ2v) is 7.79. The Balaban J connectivity index is 1.68. The van der Waals surface area contributed by atoms with Crippen LogP contribution >= 0.6 is 0 Å². The normalized spacial score (nSPS) is 16.1. The number of rotatable bonds is 8. The highest BCUT2D eigenvalue weighted by Gasteiger charge is 2.21. The van der Waals surface area contributed by atoms with Crippen LogP contribution in [0.5, 0.6) is 0 Å². The molecule has 1 heterocycles. The van der Waals surface area contributed by atoms with Crippen molar-refractivity contribution in [3.05, 3.63) is 34.9 Å². The highest BCUT2D eigenvalue weighted by molar-refractivity contribution is 5.80. The topological polar surface area (TPSA) is 68.8 Å². The first-order valence-electron chi connectivity index (χ1n) is 10.5. The summed E-state index contributed by atoms with van der Waals surface area (Å²) in [5, 5.41) is 9.92. The fraction of sp³-hybridized carbons (Fsp3) is 0.636. The maximum atomic E-state index is 11.9. The van der Waals surface area contributed by atoms with Crippen LogP contribution in [-0.2, 0) is 11.2 Å². The van der Waals surface area contributed by atoms with Crippen LogP contribution in [0.4, 0.5) is 0 Å². The molecular formula is C22H37N5O. The van der Waals surface area contributed by atoms with Crippen LogP contribution in [0.1, 0.15) is 42.9 Å². The van der Waals surface area contributed by atoms with Crippen molar-refractivity contribution >= 4 is 11.9 Å². The van der Waals surface area contributed by atoms with E-state index in [2.05, 4.69) is 64.8 Å². The fourth-order valence-electron chi connectivity index (χ4n) is 3.69. The lowest BCUT2D eigenvalue weighted by atomic mass is 10.0. The molecule has 3 N–H and O–H groups in total. The molecule has 0 aromatic heterocycles. The molecule has 1 aromatic rings. The Kier molecular flexibility index (Phi) is 9.28. The Bertz CT molecular complexity index is 630. The number of nitrogens with one attached hydrogen (secondary N) is 3. The average molecular weight is 388 g/mol. The molecular weight excluding hydrogens is 350 g/mol. The molecule has 1 aromatic carbocycles. The maximum Gasteiger partial charge on any atom is 0.234 e. The molecule has 1 aliphatic heterocycles. The number of piperidine rings is 1. The van der Waals surface area contributed by atoms with E-state index in [1.165, 1.54) is 16.7 Å². The van der Waals surface area contributed by atoms with Crippen molar-refractivity contribution in [2.75, 3.05) is 39.8 Å². The van der Waals surface area contributed by atoms with Crippen molar-refractivity contribution in [3.8, 4) is 0 Å². The third-order valence-electron chi connectivity index (χ3n) is 5.08. The van der Waals surface area contributed by atoms with E-state index in [4.69, 9.17) is 0 Å². The summed E-state index contributed by atoms with van der Waals surface area (Å²) in [6.07, 6.45) is 4.01. The quantitative estimate of drug-likeness (QED) is 0.471. The lowest BCUT2D eigenvalue weighted by Crippen LogP contribution is -2.50. The second kappa shape index (κ2) is 11.7. The zero-order chi connectivity index (χ0) is 20.4. The number of guanidine groups is 1. The van der Waals surface area contributed by atoms with Crippen LogP contribution in [0.3, 0.4) is 0 Å². The van der Waals surface area contributed by atoms with Gasteiger partial charge in [0.2, 0.25) is 5.91 Å².